The van der Waals surface area contributed by atoms with Gasteiger partial charge in [0, 0.05) is 12.6 Å². The highest BCUT2D eigenvalue weighted by Crippen LogP contribution is 2.32. The van der Waals surface area contributed by atoms with Crippen molar-refractivity contribution in [3.8, 4) is 0 Å². The van der Waals surface area contributed by atoms with Crippen molar-refractivity contribution in [2.75, 3.05) is 17.7 Å². The minimum absolute atomic E-state index is 0.0405. The van der Waals surface area contributed by atoms with Gasteiger partial charge in [0.15, 0.2) is 0 Å². The fraction of sp³-hybridized carbons (Fsp3) is 0.455. The van der Waals surface area contributed by atoms with Crippen LogP contribution in [0.1, 0.15) is 20.8 Å². The zero-order valence-corrected chi connectivity index (χ0v) is 9.89. The summed E-state index contributed by atoms with van der Waals surface area (Å²) >= 11 is 5.96. The monoisotopic (exact) mass is 212 g/mol. The molecule has 14 heavy (non-hydrogen) atoms. The second kappa shape index (κ2) is 3.70. The summed E-state index contributed by atoms with van der Waals surface area (Å²) in [5.41, 5.74) is 7.57. The minimum Gasteiger partial charge on any atom is -0.396 e. The number of halogens is 1. The predicted molar refractivity (Wildman–Crippen MR) is 64.0 cm³/mol. The van der Waals surface area contributed by atoms with Crippen LogP contribution < -0.4 is 10.6 Å². The quantitative estimate of drug-likeness (QED) is 0.725. The molecule has 78 valence electrons. The summed E-state index contributed by atoms with van der Waals surface area (Å²) < 4.78 is 0. The van der Waals surface area contributed by atoms with E-state index in [2.05, 4.69) is 25.7 Å². The first kappa shape index (κ1) is 11.2. The summed E-state index contributed by atoms with van der Waals surface area (Å²) in [6.07, 6.45) is 0. The van der Waals surface area contributed by atoms with Crippen molar-refractivity contribution in [3.63, 3.8) is 0 Å². The van der Waals surface area contributed by atoms with Crippen molar-refractivity contribution in [2.24, 2.45) is 0 Å². The van der Waals surface area contributed by atoms with Crippen LogP contribution in [0.4, 0.5) is 11.4 Å². The molecule has 0 saturated heterocycles. The lowest BCUT2D eigenvalue weighted by molar-refractivity contribution is 0.539. The number of para-hydroxylation sites is 1. The number of benzene rings is 1. The molecule has 0 radical (unpaired) electrons. The van der Waals surface area contributed by atoms with E-state index in [1.807, 2.05) is 19.2 Å². The number of rotatable bonds is 1. The Balaban J connectivity index is 3.14. The molecule has 1 aromatic rings. The largest absolute Gasteiger partial charge is 0.396 e. The third-order valence-electron chi connectivity index (χ3n) is 2.40. The maximum Gasteiger partial charge on any atom is 0.0741 e. The van der Waals surface area contributed by atoms with Crippen LogP contribution in [-0.4, -0.2) is 12.6 Å². The Kier molecular flexibility index (Phi) is 2.95. The van der Waals surface area contributed by atoms with Crippen molar-refractivity contribution < 1.29 is 0 Å². The summed E-state index contributed by atoms with van der Waals surface area (Å²) in [5.74, 6) is 0. The molecule has 1 rings (SSSR count). The first-order valence-electron chi connectivity index (χ1n) is 4.62. The molecule has 0 aliphatic rings. The van der Waals surface area contributed by atoms with Gasteiger partial charge >= 0.3 is 0 Å². The van der Waals surface area contributed by atoms with E-state index >= 15 is 0 Å². The lowest BCUT2D eigenvalue weighted by Crippen LogP contribution is -2.38. The SMILES string of the molecule is CN(c1cccc(Cl)c1N)C(C)(C)C. The van der Waals surface area contributed by atoms with E-state index in [0.29, 0.717) is 10.7 Å². The second-order valence-electron chi connectivity index (χ2n) is 4.40. The molecule has 0 aliphatic carbocycles. The normalized spacial score (nSPS) is 11.5. The summed E-state index contributed by atoms with van der Waals surface area (Å²) in [4.78, 5) is 2.12. The lowest BCUT2D eigenvalue weighted by Gasteiger charge is -2.35. The van der Waals surface area contributed by atoms with Gasteiger partial charge in [0.2, 0.25) is 0 Å². The second-order valence-corrected chi connectivity index (χ2v) is 4.81. The topological polar surface area (TPSA) is 29.3 Å². The predicted octanol–water partition coefficient (Wildman–Crippen LogP) is 3.16. The fourth-order valence-corrected chi connectivity index (χ4v) is 1.35. The van der Waals surface area contributed by atoms with Gasteiger partial charge in [0.25, 0.3) is 0 Å². The fourth-order valence-electron chi connectivity index (χ4n) is 1.18. The summed E-state index contributed by atoms with van der Waals surface area (Å²) in [6, 6.07) is 5.69. The van der Waals surface area contributed by atoms with Gasteiger partial charge in [-0.25, -0.2) is 0 Å². The average Bonchev–Trinajstić information content (AvgIpc) is 2.07. The maximum absolute atomic E-state index is 5.96. The summed E-state index contributed by atoms with van der Waals surface area (Å²) in [5, 5.41) is 0.610. The van der Waals surface area contributed by atoms with E-state index in [1.54, 1.807) is 6.07 Å². The highest BCUT2D eigenvalue weighted by atomic mass is 35.5. The Labute approximate surface area is 90.7 Å². The molecule has 0 unspecified atom stereocenters. The molecular formula is C11H17ClN2. The van der Waals surface area contributed by atoms with Gasteiger partial charge in [-0.1, -0.05) is 17.7 Å². The molecular weight excluding hydrogens is 196 g/mol. The van der Waals surface area contributed by atoms with Crippen LogP contribution in [0.2, 0.25) is 5.02 Å². The molecule has 0 aliphatic heterocycles. The van der Waals surface area contributed by atoms with Crippen molar-refractivity contribution in [3.05, 3.63) is 23.2 Å². The Bertz CT molecular complexity index is 329. The standard InChI is InChI=1S/C11H17ClN2/c1-11(2,3)14(4)9-7-5-6-8(12)10(9)13/h5-7H,13H2,1-4H3. The molecule has 0 saturated carbocycles. The molecule has 3 heteroatoms. The Morgan fingerprint density at radius 1 is 1.29 bits per heavy atom. The van der Waals surface area contributed by atoms with Crippen molar-refractivity contribution in [2.45, 2.75) is 26.3 Å². The zero-order valence-electron chi connectivity index (χ0n) is 9.13. The molecule has 0 fully saturated rings. The van der Waals surface area contributed by atoms with E-state index in [1.165, 1.54) is 0 Å². The van der Waals surface area contributed by atoms with Gasteiger partial charge in [-0.2, -0.15) is 0 Å². The van der Waals surface area contributed by atoms with E-state index in [9.17, 15) is 0 Å². The lowest BCUT2D eigenvalue weighted by atomic mass is 10.1. The zero-order chi connectivity index (χ0) is 10.9. The van der Waals surface area contributed by atoms with Crippen molar-refractivity contribution in [1.29, 1.82) is 0 Å². The minimum atomic E-state index is 0.0405. The molecule has 0 aromatic heterocycles. The van der Waals surface area contributed by atoms with Gasteiger partial charge in [-0.05, 0) is 32.9 Å². The first-order chi connectivity index (χ1) is 6.34. The molecule has 0 bridgehead atoms. The van der Waals surface area contributed by atoms with E-state index < -0.39 is 0 Å². The average molecular weight is 213 g/mol. The molecule has 0 heterocycles. The molecule has 0 amide bonds. The highest BCUT2D eigenvalue weighted by Gasteiger charge is 2.19. The van der Waals surface area contributed by atoms with Crippen molar-refractivity contribution in [1.82, 2.24) is 0 Å². The molecule has 2 nitrogen and oxygen atoms in total. The van der Waals surface area contributed by atoms with Crippen LogP contribution in [0, 0.1) is 0 Å². The number of nitrogen functional groups attached to an aromatic ring is 1. The summed E-state index contributed by atoms with van der Waals surface area (Å²) in [7, 11) is 2.02. The molecule has 2 N–H and O–H groups in total. The van der Waals surface area contributed by atoms with Gasteiger partial charge in [-0.3, -0.25) is 0 Å². The highest BCUT2D eigenvalue weighted by molar-refractivity contribution is 6.33. The van der Waals surface area contributed by atoms with Gasteiger partial charge in [0.05, 0.1) is 16.4 Å². The molecule has 1 aromatic carbocycles. The molecule has 0 atom stereocenters. The number of hydrogen-bond donors (Lipinski definition) is 1. The third kappa shape index (κ3) is 2.13. The van der Waals surface area contributed by atoms with E-state index in [4.69, 9.17) is 17.3 Å². The number of anilines is 2. The van der Waals surface area contributed by atoms with Crippen LogP contribution in [0.15, 0.2) is 18.2 Å². The van der Waals surface area contributed by atoms with Gasteiger partial charge < -0.3 is 10.6 Å². The van der Waals surface area contributed by atoms with Crippen LogP contribution in [0.25, 0.3) is 0 Å². The Hall–Kier alpha value is -0.890. The van der Waals surface area contributed by atoms with Gasteiger partial charge in [0.1, 0.15) is 0 Å². The Morgan fingerprint density at radius 3 is 2.36 bits per heavy atom. The Morgan fingerprint density at radius 2 is 1.86 bits per heavy atom. The third-order valence-corrected chi connectivity index (χ3v) is 2.73. The maximum atomic E-state index is 5.96. The molecule has 0 spiro atoms. The first-order valence-corrected chi connectivity index (χ1v) is 4.99. The van der Waals surface area contributed by atoms with Crippen LogP contribution >= 0.6 is 11.6 Å². The van der Waals surface area contributed by atoms with E-state index in [-0.39, 0.29) is 5.54 Å². The van der Waals surface area contributed by atoms with Crippen LogP contribution in [0.3, 0.4) is 0 Å². The van der Waals surface area contributed by atoms with Crippen LogP contribution in [-0.2, 0) is 0 Å². The smallest absolute Gasteiger partial charge is 0.0741 e. The number of hydrogen-bond acceptors (Lipinski definition) is 2. The van der Waals surface area contributed by atoms with E-state index in [0.717, 1.165) is 5.69 Å². The number of nitrogens with zero attached hydrogens (tertiary/aromatic N) is 1. The summed E-state index contributed by atoms with van der Waals surface area (Å²) in [6.45, 7) is 6.40. The van der Waals surface area contributed by atoms with Crippen LogP contribution in [0.5, 0.6) is 0 Å². The van der Waals surface area contributed by atoms with Gasteiger partial charge in [-0.15, -0.1) is 0 Å². The number of nitrogens with two attached hydrogens (primary N) is 1. The van der Waals surface area contributed by atoms with Crippen molar-refractivity contribution >= 4 is 23.0 Å².